The summed E-state index contributed by atoms with van der Waals surface area (Å²) in [7, 11) is 0. The third-order valence-corrected chi connectivity index (χ3v) is 3.55. The molecule has 1 nitrogen and oxygen atoms in total. The minimum atomic E-state index is 0.0879. The van der Waals surface area contributed by atoms with Gasteiger partial charge in [0.05, 0.1) is 0 Å². The minimum absolute atomic E-state index is 0.0879. The van der Waals surface area contributed by atoms with Gasteiger partial charge in [-0.25, -0.2) is 0 Å². The molecule has 0 N–H and O–H groups in total. The third kappa shape index (κ3) is 2.92. The molecule has 0 aromatic heterocycles. The molecule has 0 saturated heterocycles. The van der Waals surface area contributed by atoms with Crippen LogP contribution >= 0.6 is 0 Å². The number of hydrogen-bond donors (Lipinski definition) is 0. The van der Waals surface area contributed by atoms with E-state index < -0.39 is 0 Å². The third-order valence-electron chi connectivity index (χ3n) is 3.55. The van der Waals surface area contributed by atoms with Crippen molar-refractivity contribution in [3.05, 3.63) is 84.4 Å². The van der Waals surface area contributed by atoms with Crippen LogP contribution in [0.25, 0.3) is 22.3 Å². The highest BCUT2D eigenvalue weighted by Crippen LogP contribution is 2.28. The van der Waals surface area contributed by atoms with Crippen LogP contribution in [0.4, 0.5) is 0 Å². The highest BCUT2D eigenvalue weighted by atomic mass is 16.1. The second-order valence-corrected chi connectivity index (χ2v) is 5.09. The van der Waals surface area contributed by atoms with Crippen LogP contribution in [0.1, 0.15) is 17.3 Å². The van der Waals surface area contributed by atoms with Gasteiger partial charge in [-0.3, -0.25) is 4.79 Å². The fourth-order valence-electron chi connectivity index (χ4n) is 2.43. The van der Waals surface area contributed by atoms with Crippen molar-refractivity contribution in [1.29, 1.82) is 0 Å². The van der Waals surface area contributed by atoms with E-state index in [9.17, 15) is 4.79 Å². The summed E-state index contributed by atoms with van der Waals surface area (Å²) in [6.45, 7) is 1.61. The minimum Gasteiger partial charge on any atom is -0.295 e. The fourth-order valence-corrected chi connectivity index (χ4v) is 2.43. The molecule has 0 aliphatic carbocycles. The molecule has 0 amide bonds. The van der Waals surface area contributed by atoms with Crippen LogP contribution in [0.15, 0.2) is 78.9 Å². The summed E-state index contributed by atoms with van der Waals surface area (Å²) < 4.78 is 0. The maximum atomic E-state index is 11.8. The Morgan fingerprint density at radius 3 is 1.43 bits per heavy atom. The first kappa shape index (κ1) is 13.3. The highest BCUT2D eigenvalue weighted by Gasteiger charge is 2.07. The summed E-state index contributed by atoms with van der Waals surface area (Å²) in [6, 6.07) is 26.4. The van der Waals surface area contributed by atoms with Crippen molar-refractivity contribution in [2.75, 3.05) is 0 Å². The Kier molecular flexibility index (Phi) is 3.65. The van der Waals surface area contributed by atoms with E-state index in [0.29, 0.717) is 0 Å². The topological polar surface area (TPSA) is 17.1 Å². The molecule has 3 rings (SSSR count). The zero-order valence-corrected chi connectivity index (χ0v) is 11.9. The van der Waals surface area contributed by atoms with Crippen molar-refractivity contribution < 1.29 is 4.79 Å². The quantitative estimate of drug-likeness (QED) is 0.597. The second kappa shape index (κ2) is 5.76. The molecule has 3 aromatic rings. The van der Waals surface area contributed by atoms with Crippen LogP contribution in [0.5, 0.6) is 0 Å². The molecular weight excluding hydrogens is 256 g/mol. The summed E-state index contributed by atoms with van der Waals surface area (Å²) >= 11 is 0. The van der Waals surface area contributed by atoms with E-state index in [0.717, 1.165) is 27.8 Å². The van der Waals surface area contributed by atoms with Crippen molar-refractivity contribution in [2.45, 2.75) is 6.92 Å². The summed E-state index contributed by atoms with van der Waals surface area (Å²) in [5, 5.41) is 0. The zero-order valence-electron chi connectivity index (χ0n) is 11.9. The van der Waals surface area contributed by atoms with E-state index in [1.54, 1.807) is 6.92 Å². The fraction of sp³-hybridized carbons (Fsp3) is 0.0500. The molecule has 0 heterocycles. The van der Waals surface area contributed by atoms with Gasteiger partial charge in [-0.05, 0) is 47.4 Å². The van der Waals surface area contributed by atoms with Gasteiger partial charge < -0.3 is 0 Å². The molecule has 0 aliphatic heterocycles. The molecule has 0 radical (unpaired) electrons. The Morgan fingerprint density at radius 1 is 0.619 bits per heavy atom. The number of ketones is 1. The van der Waals surface area contributed by atoms with Crippen LogP contribution in [-0.4, -0.2) is 5.78 Å². The van der Waals surface area contributed by atoms with Gasteiger partial charge in [-0.15, -0.1) is 0 Å². The summed E-state index contributed by atoms with van der Waals surface area (Å²) in [4.78, 5) is 11.8. The molecule has 0 spiro atoms. The Labute approximate surface area is 124 Å². The summed E-state index contributed by atoms with van der Waals surface area (Å²) in [6.07, 6.45) is 0. The molecule has 3 aromatic carbocycles. The highest BCUT2D eigenvalue weighted by molar-refractivity contribution is 5.97. The Bertz CT molecular complexity index is 701. The molecule has 0 fully saturated rings. The first-order valence-corrected chi connectivity index (χ1v) is 7.01. The van der Waals surface area contributed by atoms with Crippen LogP contribution in [0.3, 0.4) is 0 Å². The number of carbonyl (C=O) groups is 1. The lowest BCUT2D eigenvalue weighted by Crippen LogP contribution is -1.94. The van der Waals surface area contributed by atoms with Gasteiger partial charge in [-0.1, -0.05) is 60.7 Å². The van der Waals surface area contributed by atoms with Gasteiger partial charge in [0.2, 0.25) is 0 Å². The summed E-state index contributed by atoms with van der Waals surface area (Å²) in [5.74, 6) is 0.0879. The molecule has 0 bridgehead atoms. The van der Waals surface area contributed by atoms with E-state index in [2.05, 4.69) is 30.3 Å². The predicted molar refractivity (Wildman–Crippen MR) is 87.3 cm³/mol. The molecule has 21 heavy (non-hydrogen) atoms. The molecular formula is C20H16O. The molecule has 102 valence electrons. The van der Waals surface area contributed by atoms with Crippen molar-refractivity contribution >= 4 is 5.78 Å². The van der Waals surface area contributed by atoms with Gasteiger partial charge in [-0.2, -0.15) is 0 Å². The van der Waals surface area contributed by atoms with E-state index in [4.69, 9.17) is 0 Å². The number of benzene rings is 3. The normalized spacial score (nSPS) is 10.3. The SMILES string of the molecule is CC(=O)c1cc(-c2ccccc2)cc(-c2ccccc2)c1. The van der Waals surface area contributed by atoms with E-state index in [1.165, 1.54) is 0 Å². The average molecular weight is 272 g/mol. The van der Waals surface area contributed by atoms with Gasteiger partial charge >= 0.3 is 0 Å². The smallest absolute Gasteiger partial charge is 0.159 e. The molecule has 0 atom stereocenters. The number of rotatable bonds is 3. The lowest BCUT2D eigenvalue weighted by molar-refractivity contribution is 0.101. The Hall–Kier alpha value is -2.67. The number of hydrogen-bond acceptors (Lipinski definition) is 1. The number of carbonyl (C=O) groups excluding carboxylic acids is 1. The maximum absolute atomic E-state index is 11.8. The Morgan fingerprint density at radius 2 is 1.05 bits per heavy atom. The number of Topliss-reactive ketones (excluding diaryl/α,β-unsaturated/α-hetero) is 1. The molecule has 0 saturated carbocycles. The van der Waals surface area contributed by atoms with Crippen molar-refractivity contribution in [3.63, 3.8) is 0 Å². The Balaban J connectivity index is 2.18. The molecule has 0 aliphatic rings. The summed E-state index contributed by atoms with van der Waals surface area (Å²) in [5.41, 5.74) is 5.13. The molecule has 1 heteroatoms. The lowest BCUT2D eigenvalue weighted by atomic mass is 9.95. The van der Waals surface area contributed by atoms with Gasteiger partial charge in [0.1, 0.15) is 0 Å². The van der Waals surface area contributed by atoms with Gasteiger partial charge in [0.25, 0.3) is 0 Å². The van der Waals surface area contributed by atoms with Crippen molar-refractivity contribution in [2.24, 2.45) is 0 Å². The van der Waals surface area contributed by atoms with Crippen molar-refractivity contribution in [3.8, 4) is 22.3 Å². The largest absolute Gasteiger partial charge is 0.295 e. The zero-order chi connectivity index (χ0) is 14.7. The second-order valence-electron chi connectivity index (χ2n) is 5.09. The first-order valence-electron chi connectivity index (χ1n) is 7.01. The van der Waals surface area contributed by atoms with Crippen LogP contribution in [0, 0.1) is 0 Å². The van der Waals surface area contributed by atoms with Crippen LogP contribution in [0.2, 0.25) is 0 Å². The average Bonchev–Trinajstić information content (AvgIpc) is 2.56. The van der Waals surface area contributed by atoms with Gasteiger partial charge in [0.15, 0.2) is 5.78 Å². The van der Waals surface area contributed by atoms with Crippen LogP contribution < -0.4 is 0 Å². The standard InChI is InChI=1S/C20H16O/c1-15(21)18-12-19(16-8-4-2-5-9-16)14-20(13-18)17-10-6-3-7-11-17/h2-14H,1H3. The first-order chi connectivity index (χ1) is 10.2. The monoisotopic (exact) mass is 272 g/mol. The van der Waals surface area contributed by atoms with E-state index in [1.807, 2.05) is 48.5 Å². The van der Waals surface area contributed by atoms with E-state index >= 15 is 0 Å². The maximum Gasteiger partial charge on any atom is 0.159 e. The van der Waals surface area contributed by atoms with Gasteiger partial charge in [0, 0.05) is 5.56 Å². The van der Waals surface area contributed by atoms with E-state index in [-0.39, 0.29) is 5.78 Å². The predicted octanol–water partition coefficient (Wildman–Crippen LogP) is 5.22. The van der Waals surface area contributed by atoms with Crippen molar-refractivity contribution in [1.82, 2.24) is 0 Å². The molecule has 0 unspecified atom stereocenters. The lowest BCUT2D eigenvalue weighted by Gasteiger charge is -2.09. The van der Waals surface area contributed by atoms with Crippen LogP contribution in [-0.2, 0) is 0 Å².